The van der Waals surface area contributed by atoms with Gasteiger partial charge in [0.05, 0.1) is 6.61 Å². The van der Waals surface area contributed by atoms with Gasteiger partial charge in [0.1, 0.15) is 0 Å². The molecule has 1 heterocycles. The molecule has 1 saturated heterocycles. The number of rotatable bonds is 6. The van der Waals surface area contributed by atoms with Crippen molar-refractivity contribution in [3.8, 4) is 0 Å². The molecule has 1 rings (SSSR count). The van der Waals surface area contributed by atoms with Crippen LogP contribution < -0.4 is 11.1 Å². The summed E-state index contributed by atoms with van der Waals surface area (Å²) in [5.41, 5.74) is 5.74. The first kappa shape index (κ1) is 11.9. The predicted octanol–water partition coefficient (Wildman–Crippen LogP) is -0.499. The molecule has 3 N–H and O–H groups in total. The minimum Gasteiger partial charge on any atom is -0.381 e. The van der Waals surface area contributed by atoms with E-state index in [1.165, 1.54) is 0 Å². The van der Waals surface area contributed by atoms with Crippen LogP contribution in [0.2, 0.25) is 0 Å². The molecule has 4 heteroatoms. The van der Waals surface area contributed by atoms with Crippen molar-refractivity contribution in [1.29, 1.82) is 0 Å². The van der Waals surface area contributed by atoms with Crippen LogP contribution in [0.3, 0.4) is 0 Å². The van der Waals surface area contributed by atoms with Gasteiger partial charge in [-0.15, -0.1) is 0 Å². The van der Waals surface area contributed by atoms with Gasteiger partial charge >= 0.3 is 0 Å². The number of likely N-dealkylation sites (N-methyl/N-ethyl adjacent to an activating group) is 1. The van der Waals surface area contributed by atoms with E-state index in [-0.39, 0.29) is 0 Å². The molecule has 0 saturated carbocycles. The van der Waals surface area contributed by atoms with Gasteiger partial charge in [0.25, 0.3) is 0 Å². The van der Waals surface area contributed by atoms with Crippen molar-refractivity contribution in [3.63, 3.8) is 0 Å². The number of nitrogens with one attached hydrogen (secondary N) is 1. The highest BCUT2D eigenvalue weighted by atomic mass is 16.5. The summed E-state index contributed by atoms with van der Waals surface area (Å²) in [6, 6.07) is 0.428. The van der Waals surface area contributed by atoms with Gasteiger partial charge in [0.15, 0.2) is 0 Å². The van der Waals surface area contributed by atoms with Crippen LogP contribution in [0.1, 0.15) is 6.42 Å². The lowest BCUT2D eigenvalue weighted by atomic mass is 9.99. The van der Waals surface area contributed by atoms with Crippen LogP contribution in [0.15, 0.2) is 0 Å². The van der Waals surface area contributed by atoms with E-state index in [1.807, 2.05) is 0 Å². The normalized spacial score (nSPS) is 24.4. The first-order valence-corrected chi connectivity index (χ1v) is 5.40. The Kier molecular flexibility index (Phi) is 5.40. The number of hydrogen-bond acceptors (Lipinski definition) is 4. The van der Waals surface area contributed by atoms with E-state index >= 15 is 0 Å². The molecule has 0 aromatic heterocycles. The molecule has 0 aromatic carbocycles. The van der Waals surface area contributed by atoms with Crippen molar-refractivity contribution in [1.82, 2.24) is 10.2 Å². The molecule has 0 spiro atoms. The second kappa shape index (κ2) is 6.35. The van der Waals surface area contributed by atoms with Crippen molar-refractivity contribution < 1.29 is 4.74 Å². The standard InChI is InChI=1S/C10H23N3O/c1-13(2)5-4-12-10(7-11)9-3-6-14-8-9/h9-10,12H,3-8,11H2,1-2H3. The SMILES string of the molecule is CN(C)CCNC(CN)C1CCOC1. The lowest BCUT2D eigenvalue weighted by molar-refractivity contribution is 0.176. The Balaban J connectivity index is 2.17. The second-order valence-electron chi connectivity index (χ2n) is 4.22. The minimum atomic E-state index is 0.428. The summed E-state index contributed by atoms with van der Waals surface area (Å²) in [7, 11) is 4.16. The third-order valence-electron chi connectivity index (χ3n) is 2.75. The molecular formula is C10H23N3O. The van der Waals surface area contributed by atoms with E-state index in [1.54, 1.807) is 0 Å². The molecule has 1 aliphatic heterocycles. The molecule has 84 valence electrons. The average molecular weight is 201 g/mol. The quantitative estimate of drug-likeness (QED) is 0.608. The van der Waals surface area contributed by atoms with E-state index in [4.69, 9.17) is 10.5 Å². The van der Waals surface area contributed by atoms with Gasteiger partial charge in [-0.05, 0) is 20.5 Å². The molecule has 2 unspecified atom stereocenters. The van der Waals surface area contributed by atoms with E-state index in [2.05, 4.69) is 24.3 Å². The highest BCUT2D eigenvalue weighted by Crippen LogP contribution is 2.15. The molecule has 0 bridgehead atoms. The van der Waals surface area contributed by atoms with E-state index in [0.29, 0.717) is 18.5 Å². The van der Waals surface area contributed by atoms with E-state index in [9.17, 15) is 0 Å². The van der Waals surface area contributed by atoms with Gasteiger partial charge in [0.2, 0.25) is 0 Å². The van der Waals surface area contributed by atoms with Crippen LogP contribution in [-0.2, 0) is 4.74 Å². The molecule has 0 amide bonds. The summed E-state index contributed by atoms with van der Waals surface area (Å²) in [6.07, 6.45) is 1.15. The van der Waals surface area contributed by atoms with Crippen LogP contribution in [-0.4, -0.2) is 57.9 Å². The zero-order valence-electron chi connectivity index (χ0n) is 9.33. The monoisotopic (exact) mass is 201 g/mol. The maximum Gasteiger partial charge on any atom is 0.0510 e. The molecule has 0 aliphatic carbocycles. The van der Waals surface area contributed by atoms with Crippen LogP contribution in [0.25, 0.3) is 0 Å². The summed E-state index contributed by atoms with van der Waals surface area (Å²) in [5, 5.41) is 3.50. The Hall–Kier alpha value is -0.160. The van der Waals surface area contributed by atoms with Gasteiger partial charge in [-0.1, -0.05) is 0 Å². The summed E-state index contributed by atoms with van der Waals surface area (Å²) in [4.78, 5) is 2.17. The highest BCUT2D eigenvalue weighted by Gasteiger charge is 2.23. The number of ether oxygens (including phenoxy) is 1. The topological polar surface area (TPSA) is 50.5 Å². The molecule has 2 atom stereocenters. The zero-order valence-corrected chi connectivity index (χ0v) is 9.33. The second-order valence-corrected chi connectivity index (χ2v) is 4.22. The Bertz CT molecular complexity index is 146. The molecule has 4 nitrogen and oxygen atoms in total. The molecular weight excluding hydrogens is 178 g/mol. The number of hydrogen-bond donors (Lipinski definition) is 2. The van der Waals surface area contributed by atoms with Gasteiger partial charge in [0, 0.05) is 38.2 Å². The first-order chi connectivity index (χ1) is 6.74. The summed E-state index contributed by atoms with van der Waals surface area (Å²) < 4.78 is 5.36. The summed E-state index contributed by atoms with van der Waals surface area (Å²) in [6.45, 7) is 4.55. The van der Waals surface area contributed by atoms with Crippen LogP contribution in [0.5, 0.6) is 0 Å². The Morgan fingerprint density at radius 2 is 2.36 bits per heavy atom. The predicted molar refractivity (Wildman–Crippen MR) is 58.3 cm³/mol. The van der Waals surface area contributed by atoms with Crippen molar-refractivity contribution in [2.45, 2.75) is 12.5 Å². The Morgan fingerprint density at radius 3 is 2.86 bits per heavy atom. The van der Waals surface area contributed by atoms with Gasteiger partial charge in [-0.25, -0.2) is 0 Å². The van der Waals surface area contributed by atoms with Crippen LogP contribution in [0, 0.1) is 5.92 Å². The molecule has 14 heavy (non-hydrogen) atoms. The van der Waals surface area contributed by atoms with Crippen molar-refractivity contribution in [2.75, 3.05) is 46.9 Å². The Labute approximate surface area is 86.8 Å². The van der Waals surface area contributed by atoms with Crippen LogP contribution >= 0.6 is 0 Å². The molecule has 0 aromatic rings. The summed E-state index contributed by atoms with van der Waals surface area (Å²) >= 11 is 0. The molecule has 1 aliphatic rings. The van der Waals surface area contributed by atoms with Crippen molar-refractivity contribution in [2.24, 2.45) is 11.7 Å². The van der Waals surface area contributed by atoms with Gasteiger partial charge < -0.3 is 20.7 Å². The van der Waals surface area contributed by atoms with Crippen molar-refractivity contribution >= 4 is 0 Å². The van der Waals surface area contributed by atoms with Crippen LogP contribution in [0.4, 0.5) is 0 Å². The fourth-order valence-electron chi connectivity index (χ4n) is 1.79. The smallest absolute Gasteiger partial charge is 0.0510 e. The lowest BCUT2D eigenvalue weighted by Gasteiger charge is -2.23. The highest BCUT2D eigenvalue weighted by molar-refractivity contribution is 4.80. The number of nitrogens with two attached hydrogens (primary N) is 1. The Morgan fingerprint density at radius 1 is 1.57 bits per heavy atom. The largest absolute Gasteiger partial charge is 0.381 e. The van der Waals surface area contributed by atoms with Gasteiger partial charge in [-0.3, -0.25) is 0 Å². The lowest BCUT2D eigenvalue weighted by Crippen LogP contribution is -2.44. The number of nitrogens with zero attached hydrogens (tertiary/aromatic N) is 1. The maximum atomic E-state index is 5.74. The fourth-order valence-corrected chi connectivity index (χ4v) is 1.79. The van der Waals surface area contributed by atoms with E-state index < -0.39 is 0 Å². The average Bonchev–Trinajstić information content (AvgIpc) is 2.64. The minimum absolute atomic E-state index is 0.428. The summed E-state index contributed by atoms with van der Waals surface area (Å²) in [5.74, 6) is 0.613. The third kappa shape index (κ3) is 3.92. The van der Waals surface area contributed by atoms with E-state index in [0.717, 1.165) is 32.7 Å². The maximum absolute atomic E-state index is 5.74. The molecule has 0 radical (unpaired) electrons. The van der Waals surface area contributed by atoms with Crippen molar-refractivity contribution in [3.05, 3.63) is 0 Å². The first-order valence-electron chi connectivity index (χ1n) is 5.40. The fraction of sp³-hybridized carbons (Fsp3) is 1.00. The molecule has 1 fully saturated rings. The van der Waals surface area contributed by atoms with Gasteiger partial charge in [-0.2, -0.15) is 0 Å². The zero-order chi connectivity index (χ0) is 10.4. The third-order valence-corrected chi connectivity index (χ3v) is 2.75.